The SMILES string of the molecule is CC(C)COC(=O)NC[C@@H]1CCN(c2nc(-c3ccccc3O)nc3ccc(F)cc23)C1.[HH].[HH]. The molecule has 3 aromatic rings. The number of carbonyl (C=O) groups excluding carboxylic acids is 1. The summed E-state index contributed by atoms with van der Waals surface area (Å²) in [5.41, 5.74) is 1.12. The Labute approximate surface area is 189 Å². The van der Waals surface area contributed by atoms with Gasteiger partial charge in [-0.2, -0.15) is 0 Å². The van der Waals surface area contributed by atoms with Gasteiger partial charge in [-0.1, -0.05) is 26.0 Å². The van der Waals surface area contributed by atoms with Gasteiger partial charge >= 0.3 is 6.09 Å². The van der Waals surface area contributed by atoms with E-state index in [-0.39, 0.29) is 26.3 Å². The minimum atomic E-state index is -0.409. The Balaban J connectivity index is 0.00000204. The molecule has 0 radical (unpaired) electrons. The molecule has 8 heteroatoms. The Bertz CT molecular complexity index is 1130. The van der Waals surface area contributed by atoms with Crippen molar-refractivity contribution in [2.45, 2.75) is 20.3 Å². The van der Waals surface area contributed by atoms with E-state index in [0.29, 0.717) is 47.8 Å². The van der Waals surface area contributed by atoms with Crippen molar-refractivity contribution < 1.29 is 21.9 Å². The quantitative estimate of drug-likeness (QED) is 0.568. The number of hydrogen-bond acceptors (Lipinski definition) is 6. The van der Waals surface area contributed by atoms with Gasteiger partial charge in [-0.25, -0.2) is 19.2 Å². The monoisotopic (exact) mass is 442 g/mol. The standard InChI is InChI=1S/C24H27FN4O3.2H2/c1-15(2)14-32-24(31)26-12-16-9-10-29(13-16)23-19-11-17(25)7-8-20(19)27-22(28-23)18-5-3-4-6-21(18)30;;/h3-8,11,15-16,30H,9-10,12-14H2,1-2H3,(H,26,31);2*1H/t16-;;/m0../s1. The lowest BCUT2D eigenvalue weighted by molar-refractivity contribution is 0.132. The first-order valence-electron chi connectivity index (χ1n) is 10.8. The van der Waals surface area contributed by atoms with E-state index in [4.69, 9.17) is 9.72 Å². The van der Waals surface area contributed by atoms with E-state index in [1.54, 1.807) is 24.3 Å². The number of anilines is 1. The maximum atomic E-state index is 14.0. The average molecular weight is 443 g/mol. The highest BCUT2D eigenvalue weighted by atomic mass is 19.1. The summed E-state index contributed by atoms with van der Waals surface area (Å²) in [5, 5.41) is 13.7. The number of alkyl carbamates (subject to hydrolysis) is 1. The predicted octanol–water partition coefficient (Wildman–Crippen LogP) is 4.84. The van der Waals surface area contributed by atoms with Crippen molar-refractivity contribution in [1.82, 2.24) is 15.3 Å². The molecule has 1 saturated heterocycles. The predicted molar refractivity (Wildman–Crippen MR) is 125 cm³/mol. The maximum absolute atomic E-state index is 14.0. The Hall–Kier alpha value is -3.42. The molecule has 1 fully saturated rings. The molecule has 4 rings (SSSR count). The lowest BCUT2D eigenvalue weighted by atomic mass is 10.1. The molecule has 2 aromatic carbocycles. The number of phenolic OH excluding ortho intramolecular Hbond substituents is 1. The van der Waals surface area contributed by atoms with Crippen LogP contribution < -0.4 is 10.2 Å². The minimum absolute atomic E-state index is 0. The van der Waals surface area contributed by atoms with Gasteiger partial charge in [-0.05, 0) is 48.6 Å². The molecule has 1 atom stereocenters. The van der Waals surface area contributed by atoms with Crippen LogP contribution in [0.1, 0.15) is 23.1 Å². The van der Waals surface area contributed by atoms with Gasteiger partial charge in [0.25, 0.3) is 0 Å². The van der Waals surface area contributed by atoms with E-state index in [1.165, 1.54) is 12.1 Å². The fourth-order valence-corrected chi connectivity index (χ4v) is 3.82. The van der Waals surface area contributed by atoms with Crippen LogP contribution in [0, 0.1) is 17.7 Å². The normalized spacial score (nSPS) is 16.0. The second kappa shape index (κ2) is 9.38. The molecule has 2 N–H and O–H groups in total. The third-order valence-electron chi connectivity index (χ3n) is 5.45. The van der Waals surface area contributed by atoms with Gasteiger partial charge in [-0.15, -0.1) is 0 Å². The van der Waals surface area contributed by atoms with E-state index in [9.17, 15) is 14.3 Å². The first-order valence-corrected chi connectivity index (χ1v) is 10.8. The molecular weight excluding hydrogens is 411 g/mol. The van der Waals surface area contributed by atoms with E-state index >= 15 is 0 Å². The summed E-state index contributed by atoms with van der Waals surface area (Å²) < 4.78 is 19.2. The first kappa shape index (κ1) is 21.8. The number of fused-ring (bicyclic) bond motifs is 1. The van der Waals surface area contributed by atoms with Gasteiger partial charge in [0.15, 0.2) is 5.82 Å². The van der Waals surface area contributed by atoms with Crippen LogP contribution in [-0.2, 0) is 4.74 Å². The minimum Gasteiger partial charge on any atom is -0.507 e. The fraction of sp³-hybridized carbons (Fsp3) is 0.375. The Morgan fingerprint density at radius 2 is 2.12 bits per heavy atom. The lowest BCUT2D eigenvalue weighted by Crippen LogP contribution is -2.32. The molecule has 172 valence electrons. The van der Waals surface area contributed by atoms with E-state index in [2.05, 4.69) is 15.2 Å². The summed E-state index contributed by atoms with van der Waals surface area (Å²) in [6.45, 7) is 6.23. The molecule has 0 spiro atoms. The molecule has 32 heavy (non-hydrogen) atoms. The highest BCUT2D eigenvalue weighted by Gasteiger charge is 2.26. The summed E-state index contributed by atoms with van der Waals surface area (Å²) in [6.07, 6.45) is 0.450. The van der Waals surface area contributed by atoms with Gasteiger partial charge in [0.1, 0.15) is 17.4 Å². The van der Waals surface area contributed by atoms with Gasteiger partial charge in [0.05, 0.1) is 17.7 Å². The molecule has 0 bridgehead atoms. The number of hydrogen-bond donors (Lipinski definition) is 2. The van der Waals surface area contributed by atoms with Gasteiger partial charge in [-0.3, -0.25) is 0 Å². The smallest absolute Gasteiger partial charge is 0.407 e. The van der Waals surface area contributed by atoms with Crippen LogP contribution in [0.25, 0.3) is 22.3 Å². The number of aromatic nitrogens is 2. The van der Waals surface area contributed by atoms with E-state index in [1.807, 2.05) is 19.9 Å². The van der Waals surface area contributed by atoms with Crippen LogP contribution in [0.4, 0.5) is 15.0 Å². The molecular formula is C24H31FN4O3. The number of carbonyl (C=O) groups is 1. The number of benzene rings is 2. The fourth-order valence-electron chi connectivity index (χ4n) is 3.82. The molecule has 0 aliphatic carbocycles. The summed E-state index contributed by atoms with van der Waals surface area (Å²) in [4.78, 5) is 23.2. The van der Waals surface area contributed by atoms with Gasteiger partial charge < -0.3 is 20.1 Å². The number of phenols is 1. The molecule has 1 aliphatic rings. The maximum Gasteiger partial charge on any atom is 0.407 e. The molecule has 2 heterocycles. The second-order valence-corrected chi connectivity index (χ2v) is 8.52. The topological polar surface area (TPSA) is 87.6 Å². The summed E-state index contributed by atoms with van der Waals surface area (Å²) in [6, 6.07) is 11.3. The zero-order chi connectivity index (χ0) is 22.7. The number of aromatic hydroxyl groups is 1. The zero-order valence-electron chi connectivity index (χ0n) is 18.2. The number of amides is 1. The number of ether oxygens (including phenoxy) is 1. The average Bonchev–Trinajstić information content (AvgIpc) is 3.25. The van der Waals surface area contributed by atoms with E-state index in [0.717, 1.165) is 13.0 Å². The zero-order valence-corrected chi connectivity index (χ0v) is 18.2. The van der Waals surface area contributed by atoms with Crippen LogP contribution in [0.5, 0.6) is 5.75 Å². The van der Waals surface area contributed by atoms with Crippen LogP contribution in [0.15, 0.2) is 42.5 Å². The number of nitrogens with zero attached hydrogens (tertiary/aromatic N) is 3. The Kier molecular flexibility index (Phi) is 6.39. The molecule has 0 unspecified atom stereocenters. The molecule has 1 amide bonds. The number of halogens is 1. The molecule has 1 aromatic heterocycles. The van der Waals surface area contributed by atoms with Gasteiger partial charge in [0, 0.05) is 27.9 Å². The molecule has 7 nitrogen and oxygen atoms in total. The van der Waals surface area contributed by atoms with Crippen molar-refractivity contribution in [3.05, 3.63) is 48.3 Å². The first-order chi connectivity index (χ1) is 15.4. The summed E-state index contributed by atoms with van der Waals surface area (Å²) in [5.74, 6) is 1.24. The highest BCUT2D eigenvalue weighted by Crippen LogP contribution is 2.33. The second-order valence-electron chi connectivity index (χ2n) is 8.52. The lowest BCUT2D eigenvalue weighted by Gasteiger charge is -2.20. The van der Waals surface area contributed by atoms with Crippen molar-refractivity contribution >= 4 is 22.8 Å². The molecule has 1 aliphatic heterocycles. The Morgan fingerprint density at radius 1 is 1.31 bits per heavy atom. The van der Waals surface area contributed by atoms with Crippen molar-refractivity contribution in [2.75, 3.05) is 31.1 Å². The van der Waals surface area contributed by atoms with Crippen molar-refractivity contribution in [3.8, 4) is 17.1 Å². The summed E-state index contributed by atoms with van der Waals surface area (Å²) in [7, 11) is 0. The van der Waals surface area contributed by atoms with Crippen molar-refractivity contribution in [1.29, 1.82) is 0 Å². The van der Waals surface area contributed by atoms with Crippen LogP contribution in [-0.4, -0.2) is 47.4 Å². The third-order valence-corrected chi connectivity index (χ3v) is 5.45. The van der Waals surface area contributed by atoms with Crippen LogP contribution in [0.3, 0.4) is 0 Å². The summed E-state index contributed by atoms with van der Waals surface area (Å²) >= 11 is 0. The highest BCUT2D eigenvalue weighted by molar-refractivity contribution is 5.91. The molecule has 0 saturated carbocycles. The largest absolute Gasteiger partial charge is 0.507 e. The number of rotatable bonds is 6. The van der Waals surface area contributed by atoms with Gasteiger partial charge in [0.2, 0.25) is 0 Å². The number of para-hydroxylation sites is 1. The van der Waals surface area contributed by atoms with Crippen molar-refractivity contribution in [3.63, 3.8) is 0 Å². The van der Waals surface area contributed by atoms with E-state index < -0.39 is 6.09 Å². The van der Waals surface area contributed by atoms with Crippen LogP contribution >= 0.6 is 0 Å². The Morgan fingerprint density at radius 3 is 2.91 bits per heavy atom. The third kappa shape index (κ3) is 4.90. The number of nitrogens with one attached hydrogen (secondary N) is 1. The van der Waals surface area contributed by atoms with Crippen molar-refractivity contribution in [2.24, 2.45) is 11.8 Å². The van der Waals surface area contributed by atoms with Crippen LogP contribution in [0.2, 0.25) is 0 Å².